The van der Waals surface area contributed by atoms with Crippen LogP contribution in [0.2, 0.25) is 5.02 Å². The van der Waals surface area contributed by atoms with E-state index < -0.39 is 6.10 Å². The van der Waals surface area contributed by atoms with Gasteiger partial charge in [-0.25, -0.2) is 0 Å². The molecule has 0 radical (unpaired) electrons. The van der Waals surface area contributed by atoms with Gasteiger partial charge in [0.05, 0.1) is 7.11 Å². The Morgan fingerprint density at radius 2 is 1.68 bits per heavy atom. The van der Waals surface area contributed by atoms with Crippen LogP contribution in [0.3, 0.4) is 0 Å². The number of hydrogen-bond acceptors (Lipinski definition) is 2. The van der Waals surface area contributed by atoms with E-state index in [1.165, 1.54) is 0 Å². The van der Waals surface area contributed by atoms with Gasteiger partial charge in [-0.05, 0) is 42.0 Å². The van der Waals surface area contributed by atoms with Crippen molar-refractivity contribution >= 4 is 11.6 Å². The number of halogens is 1. The number of aliphatic hydroxyl groups excluding tert-OH is 1. The van der Waals surface area contributed by atoms with Gasteiger partial charge in [0.1, 0.15) is 11.9 Å². The predicted molar refractivity (Wildman–Crippen MR) is 76.3 cm³/mol. The van der Waals surface area contributed by atoms with Gasteiger partial charge in [-0.3, -0.25) is 0 Å². The fourth-order valence-corrected chi connectivity index (χ4v) is 1.68. The van der Waals surface area contributed by atoms with Crippen molar-refractivity contribution in [1.82, 2.24) is 0 Å². The van der Waals surface area contributed by atoms with Crippen LogP contribution < -0.4 is 4.74 Å². The molecular weight excluding hydrogens is 260 g/mol. The Hall–Kier alpha value is -1.95. The lowest BCUT2D eigenvalue weighted by atomic mass is 10.1. The summed E-state index contributed by atoms with van der Waals surface area (Å²) in [4.78, 5) is 0. The van der Waals surface area contributed by atoms with Crippen molar-refractivity contribution in [1.29, 1.82) is 0 Å². The molecule has 1 N–H and O–H groups in total. The molecule has 2 nitrogen and oxygen atoms in total. The van der Waals surface area contributed by atoms with Crippen LogP contribution in [0.15, 0.2) is 48.5 Å². The predicted octanol–water partition coefficient (Wildman–Crippen LogP) is 3.43. The first-order valence-electron chi connectivity index (χ1n) is 5.78. The molecule has 0 bridgehead atoms. The molecule has 0 unspecified atom stereocenters. The SMILES string of the molecule is COc1ccc([C@H](O)C#Cc2ccc(Cl)cc2)cc1. The Morgan fingerprint density at radius 1 is 1.05 bits per heavy atom. The first-order valence-corrected chi connectivity index (χ1v) is 6.16. The fraction of sp³-hybridized carbons (Fsp3) is 0.125. The zero-order valence-corrected chi connectivity index (χ0v) is 11.2. The molecule has 0 aromatic heterocycles. The van der Waals surface area contributed by atoms with Gasteiger partial charge in [-0.1, -0.05) is 35.6 Å². The lowest BCUT2D eigenvalue weighted by Crippen LogP contribution is -1.93. The summed E-state index contributed by atoms with van der Waals surface area (Å²) in [6, 6.07) is 14.3. The van der Waals surface area contributed by atoms with Gasteiger partial charge < -0.3 is 9.84 Å². The minimum atomic E-state index is -0.818. The quantitative estimate of drug-likeness (QED) is 0.849. The van der Waals surface area contributed by atoms with Crippen LogP contribution in [0.5, 0.6) is 5.75 Å². The Kier molecular flexibility index (Phi) is 4.46. The summed E-state index contributed by atoms with van der Waals surface area (Å²) in [5, 5.41) is 10.6. The summed E-state index contributed by atoms with van der Waals surface area (Å²) in [6.07, 6.45) is -0.818. The van der Waals surface area contributed by atoms with E-state index in [-0.39, 0.29) is 0 Å². The molecule has 1 atom stereocenters. The van der Waals surface area contributed by atoms with Crippen molar-refractivity contribution in [2.75, 3.05) is 7.11 Å². The highest BCUT2D eigenvalue weighted by Crippen LogP contribution is 2.17. The van der Waals surface area contributed by atoms with Crippen LogP contribution in [-0.4, -0.2) is 12.2 Å². The summed E-state index contributed by atoms with van der Waals surface area (Å²) in [6.45, 7) is 0. The normalized spacial score (nSPS) is 11.3. The highest BCUT2D eigenvalue weighted by atomic mass is 35.5. The largest absolute Gasteiger partial charge is 0.497 e. The van der Waals surface area contributed by atoms with Crippen LogP contribution >= 0.6 is 11.6 Å². The number of rotatable bonds is 2. The van der Waals surface area contributed by atoms with Crippen molar-refractivity contribution in [3.8, 4) is 17.6 Å². The van der Waals surface area contributed by atoms with E-state index in [1.54, 1.807) is 43.5 Å². The molecule has 0 saturated carbocycles. The molecule has 19 heavy (non-hydrogen) atoms. The summed E-state index contributed by atoms with van der Waals surface area (Å²) < 4.78 is 5.06. The second-order valence-electron chi connectivity index (χ2n) is 3.95. The molecule has 2 rings (SSSR count). The summed E-state index contributed by atoms with van der Waals surface area (Å²) in [5.41, 5.74) is 1.55. The molecule has 2 aromatic carbocycles. The van der Waals surface area contributed by atoms with Gasteiger partial charge in [0.25, 0.3) is 0 Å². The van der Waals surface area contributed by atoms with Gasteiger partial charge in [0.2, 0.25) is 0 Å². The maximum atomic E-state index is 9.96. The Bertz CT molecular complexity index is 591. The third-order valence-corrected chi connectivity index (χ3v) is 2.88. The number of ether oxygens (including phenoxy) is 1. The molecule has 0 amide bonds. The zero-order chi connectivity index (χ0) is 13.7. The van der Waals surface area contributed by atoms with Gasteiger partial charge in [-0.15, -0.1) is 0 Å². The second kappa shape index (κ2) is 6.29. The average Bonchev–Trinajstić information content (AvgIpc) is 2.46. The Balaban J connectivity index is 2.12. The third kappa shape index (κ3) is 3.75. The van der Waals surface area contributed by atoms with Crippen molar-refractivity contribution in [3.63, 3.8) is 0 Å². The highest BCUT2D eigenvalue weighted by Gasteiger charge is 2.03. The summed E-state index contributed by atoms with van der Waals surface area (Å²) in [7, 11) is 1.60. The fourth-order valence-electron chi connectivity index (χ4n) is 1.55. The smallest absolute Gasteiger partial charge is 0.140 e. The van der Waals surface area contributed by atoms with Gasteiger partial charge in [-0.2, -0.15) is 0 Å². The molecule has 0 aliphatic heterocycles. The first-order chi connectivity index (χ1) is 9.19. The molecule has 0 fully saturated rings. The van der Waals surface area contributed by atoms with E-state index in [2.05, 4.69) is 11.8 Å². The Morgan fingerprint density at radius 3 is 2.26 bits per heavy atom. The molecule has 96 valence electrons. The Labute approximate surface area is 117 Å². The zero-order valence-electron chi connectivity index (χ0n) is 10.4. The van der Waals surface area contributed by atoms with E-state index in [4.69, 9.17) is 16.3 Å². The highest BCUT2D eigenvalue weighted by molar-refractivity contribution is 6.30. The topological polar surface area (TPSA) is 29.5 Å². The molecule has 0 aliphatic rings. The number of benzene rings is 2. The maximum absolute atomic E-state index is 9.96. The van der Waals surface area contributed by atoms with Crippen molar-refractivity contribution in [3.05, 3.63) is 64.7 Å². The molecule has 3 heteroatoms. The first kappa shape index (κ1) is 13.5. The average molecular weight is 273 g/mol. The van der Waals surface area contributed by atoms with E-state index in [1.807, 2.05) is 12.1 Å². The molecule has 0 spiro atoms. The lowest BCUT2D eigenvalue weighted by Gasteiger charge is -2.04. The van der Waals surface area contributed by atoms with Crippen molar-refractivity contribution in [2.45, 2.75) is 6.10 Å². The number of hydrogen-bond donors (Lipinski definition) is 1. The molecule has 0 aliphatic carbocycles. The van der Waals surface area contributed by atoms with Crippen molar-refractivity contribution in [2.24, 2.45) is 0 Å². The van der Waals surface area contributed by atoms with Crippen LogP contribution in [-0.2, 0) is 0 Å². The minimum Gasteiger partial charge on any atom is -0.497 e. The number of aliphatic hydroxyl groups is 1. The summed E-state index contributed by atoms with van der Waals surface area (Å²) >= 11 is 5.79. The van der Waals surface area contributed by atoms with Crippen LogP contribution in [0.25, 0.3) is 0 Å². The van der Waals surface area contributed by atoms with Crippen LogP contribution in [0.4, 0.5) is 0 Å². The van der Waals surface area contributed by atoms with Gasteiger partial charge in [0.15, 0.2) is 0 Å². The monoisotopic (exact) mass is 272 g/mol. The standard InChI is InChI=1S/C16H13ClO2/c1-19-15-9-5-13(6-10-15)16(18)11-4-12-2-7-14(17)8-3-12/h2-3,5-10,16,18H,1H3/t16-/m1/s1. The van der Waals surface area contributed by atoms with E-state index in [0.29, 0.717) is 5.02 Å². The van der Waals surface area contributed by atoms with Crippen molar-refractivity contribution < 1.29 is 9.84 Å². The van der Waals surface area contributed by atoms with Gasteiger partial charge in [0, 0.05) is 10.6 Å². The lowest BCUT2D eigenvalue weighted by molar-refractivity contribution is 0.238. The molecule has 0 saturated heterocycles. The second-order valence-corrected chi connectivity index (χ2v) is 4.39. The van der Waals surface area contributed by atoms with Crippen LogP contribution in [0.1, 0.15) is 17.2 Å². The van der Waals surface area contributed by atoms with Gasteiger partial charge >= 0.3 is 0 Å². The molecule has 2 aromatic rings. The minimum absolute atomic E-state index is 0.668. The van der Waals surface area contributed by atoms with E-state index in [0.717, 1.165) is 16.9 Å². The van der Waals surface area contributed by atoms with E-state index in [9.17, 15) is 5.11 Å². The van der Waals surface area contributed by atoms with Crippen LogP contribution in [0, 0.1) is 11.8 Å². The van der Waals surface area contributed by atoms with E-state index >= 15 is 0 Å². The molecular formula is C16H13ClO2. The number of methoxy groups -OCH3 is 1. The maximum Gasteiger partial charge on any atom is 0.140 e. The molecule has 0 heterocycles. The third-order valence-electron chi connectivity index (χ3n) is 2.63. The summed E-state index contributed by atoms with van der Waals surface area (Å²) in [5.74, 6) is 6.45.